The molecule has 0 spiro atoms. The number of benzene rings is 2. The molecule has 0 saturated carbocycles. The number of pyridine rings is 1. The average Bonchev–Trinajstić information content (AvgIpc) is 3.30. The van der Waals surface area contributed by atoms with Crippen LogP contribution in [-0.4, -0.2) is 31.6 Å². The second-order valence-corrected chi connectivity index (χ2v) is 8.70. The fraction of sp³-hybridized carbons (Fsp3) is 0.0385. The van der Waals surface area contributed by atoms with Crippen molar-refractivity contribution < 1.29 is 9.59 Å². The first-order chi connectivity index (χ1) is 17.1. The number of aromatic amines is 1. The Hall–Kier alpha value is -4.37. The number of aromatic nitrogens is 4. The summed E-state index contributed by atoms with van der Waals surface area (Å²) >= 11 is 3.37. The second kappa shape index (κ2) is 9.86. The lowest BCUT2D eigenvalue weighted by Crippen LogP contribution is -2.14. The van der Waals surface area contributed by atoms with Crippen LogP contribution in [0, 0.1) is 0 Å². The van der Waals surface area contributed by atoms with Crippen molar-refractivity contribution in [2.75, 3.05) is 10.6 Å². The lowest BCUT2D eigenvalue weighted by molar-refractivity contribution is -0.115. The Morgan fingerprint density at radius 2 is 1.77 bits per heavy atom. The van der Waals surface area contributed by atoms with Gasteiger partial charge in [0.05, 0.1) is 17.4 Å². The van der Waals surface area contributed by atoms with Crippen LogP contribution in [0.2, 0.25) is 0 Å². The predicted molar refractivity (Wildman–Crippen MR) is 138 cm³/mol. The summed E-state index contributed by atoms with van der Waals surface area (Å²) in [4.78, 5) is 41.4. The summed E-state index contributed by atoms with van der Waals surface area (Å²) in [6.45, 7) is 0. The van der Waals surface area contributed by atoms with Gasteiger partial charge in [-0.25, -0.2) is 9.97 Å². The summed E-state index contributed by atoms with van der Waals surface area (Å²) in [6, 6.07) is 18.2. The third kappa shape index (κ3) is 5.10. The van der Waals surface area contributed by atoms with Crippen LogP contribution < -0.4 is 10.6 Å². The zero-order valence-corrected chi connectivity index (χ0v) is 19.9. The number of anilines is 3. The minimum absolute atomic E-state index is 0.127. The normalized spacial score (nSPS) is 10.8. The van der Waals surface area contributed by atoms with Crippen molar-refractivity contribution in [3.8, 4) is 0 Å². The van der Waals surface area contributed by atoms with Crippen molar-refractivity contribution in [3.05, 3.63) is 107 Å². The molecule has 0 unspecified atom stereocenters. The third-order valence-electron chi connectivity index (χ3n) is 5.29. The number of amides is 1. The molecule has 5 rings (SSSR count). The van der Waals surface area contributed by atoms with Gasteiger partial charge < -0.3 is 15.6 Å². The molecule has 3 N–H and O–H groups in total. The number of hydrogen-bond donors (Lipinski definition) is 3. The molecule has 0 aliphatic heterocycles. The molecule has 0 fully saturated rings. The first-order valence-corrected chi connectivity index (χ1v) is 11.5. The monoisotopic (exact) mass is 526 g/mol. The standard InChI is InChI=1S/C26H19BrN6O2/c27-18-9-16(12-28-13-18)10-22(34)32-19-7-4-8-20(11-19)33-26-23-21(14-29-25(23)30-15-31-26)24(35)17-5-2-1-3-6-17/h1-9,11-15H,10H2,(H,32,34)(H2,29,30,31,33). The zero-order valence-electron chi connectivity index (χ0n) is 18.3. The molecule has 9 heteroatoms. The largest absolute Gasteiger partial charge is 0.345 e. The maximum absolute atomic E-state index is 13.1. The van der Waals surface area contributed by atoms with E-state index in [4.69, 9.17) is 0 Å². The molecule has 0 bridgehead atoms. The van der Waals surface area contributed by atoms with Gasteiger partial charge >= 0.3 is 0 Å². The molecule has 35 heavy (non-hydrogen) atoms. The van der Waals surface area contributed by atoms with E-state index in [-0.39, 0.29) is 18.1 Å². The van der Waals surface area contributed by atoms with E-state index in [1.165, 1.54) is 6.33 Å². The lowest BCUT2D eigenvalue weighted by Gasteiger charge is -2.11. The number of hydrogen-bond acceptors (Lipinski definition) is 6. The Morgan fingerprint density at radius 3 is 2.60 bits per heavy atom. The average molecular weight is 527 g/mol. The lowest BCUT2D eigenvalue weighted by atomic mass is 10.0. The van der Waals surface area contributed by atoms with E-state index < -0.39 is 0 Å². The molecule has 2 aromatic carbocycles. The van der Waals surface area contributed by atoms with Gasteiger partial charge in [-0.1, -0.05) is 36.4 Å². The summed E-state index contributed by atoms with van der Waals surface area (Å²) in [5.74, 6) is 0.199. The topological polar surface area (TPSA) is 113 Å². The Morgan fingerprint density at radius 1 is 0.943 bits per heavy atom. The van der Waals surface area contributed by atoms with Gasteiger partial charge in [-0.3, -0.25) is 14.6 Å². The highest BCUT2D eigenvalue weighted by Crippen LogP contribution is 2.28. The number of nitrogens with one attached hydrogen (secondary N) is 3. The van der Waals surface area contributed by atoms with Gasteiger partial charge in [0.15, 0.2) is 5.78 Å². The Balaban J connectivity index is 1.38. The summed E-state index contributed by atoms with van der Waals surface area (Å²) in [7, 11) is 0. The predicted octanol–water partition coefficient (Wildman–Crippen LogP) is 5.27. The van der Waals surface area contributed by atoms with E-state index >= 15 is 0 Å². The SMILES string of the molecule is O=C(Cc1cncc(Br)c1)Nc1cccc(Nc2ncnc3[nH]cc(C(=O)c4ccccc4)c23)c1. The number of H-pyrrole nitrogens is 1. The maximum atomic E-state index is 13.1. The minimum Gasteiger partial charge on any atom is -0.345 e. The molecule has 3 aromatic heterocycles. The van der Waals surface area contributed by atoms with E-state index in [1.807, 2.05) is 36.4 Å². The second-order valence-electron chi connectivity index (χ2n) is 7.79. The number of carbonyl (C=O) groups excluding carboxylic acids is 2. The molecule has 172 valence electrons. The van der Waals surface area contributed by atoms with Crippen LogP contribution in [0.1, 0.15) is 21.5 Å². The molecular weight excluding hydrogens is 508 g/mol. The van der Waals surface area contributed by atoms with Crippen molar-refractivity contribution in [1.82, 2.24) is 19.9 Å². The highest BCUT2D eigenvalue weighted by Gasteiger charge is 2.18. The fourth-order valence-corrected chi connectivity index (χ4v) is 4.15. The number of ketones is 1. The van der Waals surface area contributed by atoms with Gasteiger partial charge in [-0.15, -0.1) is 0 Å². The van der Waals surface area contributed by atoms with Gasteiger partial charge in [0.25, 0.3) is 0 Å². The van der Waals surface area contributed by atoms with E-state index in [0.717, 1.165) is 10.0 Å². The molecule has 0 atom stereocenters. The van der Waals surface area contributed by atoms with Gasteiger partial charge in [-0.05, 0) is 45.8 Å². The van der Waals surface area contributed by atoms with Crippen LogP contribution in [0.25, 0.3) is 11.0 Å². The Labute approximate surface area is 209 Å². The first kappa shape index (κ1) is 22.4. The minimum atomic E-state index is -0.159. The Bertz CT molecular complexity index is 1530. The van der Waals surface area contributed by atoms with Crippen LogP contribution in [0.15, 0.2) is 90.1 Å². The number of fused-ring (bicyclic) bond motifs is 1. The summed E-state index contributed by atoms with van der Waals surface area (Å²) in [5, 5.41) is 6.76. The third-order valence-corrected chi connectivity index (χ3v) is 5.72. The van der Waals surface area contributed by atoms with E-state index in [0.29, 0.717) is 39.4 Å². The van der Waals surface area contributed by atoms with Gasteiger partial charge in [0.1, 0.15) is 17.8 Å². The number of rotatable bonds is 7. The van der Waals surface area contributed by atoms with Crippen molar-refractivity contribution >= 4 is 55.8 Å². The van der Waals surface area contributed by atoms with Crippen LogP contribution in [0.5, 0.6) is 0 Å². The molecule has 0 saturated heterocycles. The smallest absolute Gasteiger partial charge is 0.228 e. The number of nitrogens with zero attached hydrogens (tertiary/aromatic N) is 3. The van der Waals surface area contributed by atoms with Crippen LogP contribution >= 0.6 is 15.9 Å². The highest BCUT2D eigenvalue weighted by atomic mass is 79.9. The molecule has 0 aliphatic carbocycles. The molecule has 0 radical (unpaired) electrons. The van der Waals surface area contributed by atoms with Crippen LogP contribution in [0.3, 0.4) is 0 Å². The highest BCUT2D eigenvalue weighted by molar-refractivity contribution is 9.10. The van der Waals surface area contributed by atoms with E-state index in [1.54, 1.807) is 42.9 Å². The quantitative estimate of drug-likeness (QED) is 0.249. The number of carbonyl (C=O) groups is 2. The summed E-state index contributed by atoms with van der Waals surface area (Å²) in [6.07, 6.45) is 6.60. The van der Waals surface area contributed by atoms with Crippen molar-refractivity contribution in [1.29, 1.82) is 0 Å². The molecule has 5 aromatic rings. The van der Waals surface area contributed by atoms with Crippen molar-refractivity contribution in [2.45, 2.75) is 6.42 Å². The maximum Gasteiger partial charge on any atom is 0.228 e. The zero-order chi connectivity index (χ0) is 24.2. The van der Waals surface area contributed by atoms with Gasteiger partial charge in [0, 0.05) is 40.0 Å². The number of halogens is 1. The molecule has 8 nitrogen and oxygen atoms in total. The van der Waals surface area contributed by atoms with Crippen LogP contribution in [-0.2, 0) is 11.2 Å². The van der Waals surface area contributed by atoms with Gasteiger partial charge in [0.2, 0.25) is 5.91 Å². The first-order valence-electron chi connectivity index (χ1n) is 10.7. The fourth-order valence-electron chi connectivity index (χ4n) is 3.74. The summed E-state index contributed by atoms with van der Waals surface area (Å²) in [5.41, 5.74) is 3.73. The summed E-state index contributed by atoms with van der Waals surface area (Å²) < 4.78 is 0.819. The van der Waals surface area contributed by atoms with Crippen LogP contribution in [0.4, 0.5) is 17.2 Å². The van der Waals surface area contributed by atoms with E-state index in [2.05, 4.69) is 46.5 Å². The molecular formula is C26H19BrN6O2. The van der Waals surface area contributed by atoms with E-state index in [9.17, 15) is 9.59 Å². The molecule has 3 heterocycles. The molecule has 1 amide bonds. The van der Waals surface area contributed by atoms with Crippen molar-refractivity contribution in [3.63, 3.8) is 0 Å². The Kier molecular flexibility index (Phi) is 6.32. The van der Waals surface area contributed by atoms with Crippen molar-refractivity contribution in [2.24, 2.45) is 0 Å². The van der Waals surface area contributed by atoms with Gasteiger partial charge in [-0.2, -0.15) is 0 Å². The molecule has 0 aliphatic rings.